The van der Waals surface area contributed by atoms with Crippen molar-refractivity contribution in [1.29, 1.82) is 0 Å². The number of carbonyl (C=O) groups excluding carboxylic acids is 2. The predicted octanol–water partition coefficient (Wildman–Crippen LogP) is 4.89. The van der Waals surface area contributed by atoms with Crippen LogP contribution in [0.25, 0.3) is 0 Å². The van der Waals surface area contributed by atoms with Crippen LogP contribution in [0, 0.1) is 0 Å². The minimum atomic E-state index is -3.42. The maximum Gasteiger partial charge on any atom is 0.410 e. The Kier molecular flexibility index (Phi) is 12.2. The Labute approximate surface area is 216 Å². The van der Waals surface area contributed by atoms with E-state index in [1.807, 2.05) is 58.2 Å². The molecule has 0 aromatic heterocycles. The third-order valence-electron chi connectivity index (χ3n) is 4.96. The molecule has 0 N–H and O–H groups in total. The number of ether oxygens (including phenoxy) is 2. The average Bonchev–Trinajstić information content (AvgIpc) is 2.65. The van der Waals surface area contributed by atoms with Crippen molar-refractivity contribution >= 4 is 34.1 Å². The first-order valence-electron chi connectivity index (χ1n) is 12.3. The first-order chi connectivity index (χ1) is 15.8. The summed E-state index contributed by atoms with van der Waals surface area (Å²) in [5, 5.41) is 1.38. The van der Waals surface area contributed by atoms with Crippen molar-refractivity contribution in [2.45, 2.75) is 109 Å². The van der Waals surface area contributed by atoms with E-state index in [9.17, 15) is 18.0 Å². The molecule has 0 saturated carbocycles. The van der Waals surface area contributed by atoms with Crippen molar-refractivity contribution in [2.24, 2.45) is 0 Å². The molecule has 2 saturated heterocycles. The van der Waals surface area contributed by atoms with E-state index in [4.69, 9.17) is 13.7 Å². The Morgan fingerprint density at radius 2 is 1.17 bits per heavy atom. The monoisotopic (exact) mass is 538 g/mol. The summed E-state index contributed by atoms with van der Waals surface area (Å²) in [5.41, 5.74) is -0.905. The molecule has 11 heteroatoms. The van der Waals surface area contributed by atoms with Gasteiger partial charge >= 0.3 is 12.2 Å². The lowest BCUT2D eigenvalue weighted by molar-refractivity contribution is 0.0132. The van der Waals surface area contributed by atoms with Crippen LogP contribution in [0.2, 0.25) is 0 Å². The molecule has 0 atom stereocenters. The first-order valence-corrected chi connectivity index (χ1v) is 15.1. The number of nitrogens with zero attached hydrogens (tertiary/aromatic N) is 2. The van der Waals surface area contributed by atoms with Crippen LogP contribution in [-0.2, 0) is 23.8 Å². The molecule has 0 aliphatic carbocycles. The fourth-order valence-electron chi connectivity index (χ4n) is 3.59. The molecule has 0 aromatic rings. The van der Waals surface area contributed by atoms with E-state index in [2.05, 4.69) is 13.8 Å². The summed E-state index contributed by atoms with van der Waals surface area (Å²) in [6.45, 7) is 18.2. The van der Waals surface area contributed by atoms with Gasteiger partial charge in [0.15, 0.2) is 0 Å². The van der Waals surface area contributed by atoms with E-state index >= 15 is 0 Å². The van der Waals surface area contributed by atoms with Crippen molar-refractivity contribution < 1.29 is 31.7 Å². The summed E-state index contributed by atoms with van der Waals surface area (Å²) in [4.78, 5) is 27.0. The summed E-state index contributed by atoms with van der Waals surface area (Å²) < 4.78 is 37.5. The van der Waals surface area contributed by atoms with Gasteiger partial charge in [0.25, 0.3) is 10.1 Å². The highest BCUT2D eigenvalue weighted by Gasteiger charge is 2.29. The minimum absolute atomic E-state index is 0.162. The molecule has 2 heterocycles. The van der Waals surface area contributed by atoms with E-state index in [1.54, 1.807) is 4.90 Å². The molecule has 0 aromatic carbocycles. The van der Waals surface area contributed by atoms with Crippen LogP contribution >= 0.6 is 11.8 Å². The van der Waals surface area contributed by atoms with Gasteiger partial charge in [0.1, 0.15) is 11.2 Å². The maximum atomic E-state index is 11.8. The van der Waals surface area contributed by atoms with Crippen molar-refractivity contribution in [3.05, 3.63) is 0 Å². The summed E-state index contributed by atoms with van der Waals surface area (Å²) in [6.07, 6.45) is 3.36. The lowest BCUT2D eigenvalue weighted by Gasteiger charge is -2.33. The molecule has 35 heavy (non-hydrogen) atoms. The first kappa shape index (κ1) is 31.8. The lowest BCUT2D eigenvalue weighted by atomic mass is 10.1. The van der Waals surface area contributed by atoms with Crippen molar-refractivity contribution in [2.75, 3.05) is 32.4 Å². The van der Waals surface area contributed by atoms with Gasteiger partial charge in [-0.2, -0.15) is 20.2 Å². The largest absolute Gasteiger partial charge is 0.444 e. The molecular weight excluding hydrogens is 492 g/mol. The van der Waals surface area contributed by atoms with Crippen molar-refractivity contribution in [1.82, 2.24) is 9.80 Å². The van der Waals surface area contributed by atoms with Crippen molar-refractivity contribution in [3.8, 4) is 0 Å². The molecule has 2 aliphatic heterocycles. The minimum Gasteiger partial charge on any atom is -0.444 e. The van der Waals surface area contributed by atoms with E-state index in [1.165, 1.54) is 0 Å². The number of rotatable bonds is 4. The molecule has 2 fully saturated rings. The van der Waals surface area contributed by atoms with Crippen LogP contribution < -0.4 is 0 Å². The fourth-order valence-corrected chi connectivity index (χ4v) is 5.53. The Morgan fingerprint density at radius 3 is 1.49 bits per heavy atom. The molecule has 9 nitrogen and oxygen atoms in total. The Hall–Kier alpha value is -1.20. The molecule has 0 spiro atoms. The average molecular weight is 539 g/mol. The Bertz CT molecular complexity index is 773. The molecule has 0 unspecified atom stereocenters. The number of likely N-dealkylation sites (tertiary alicyclic amines) is 2. The summed E-state index contributed by atoms with van der Waals surface area (Å²) in [7, 11) is -3.42. The zero-order chi connectivity index (χ0) is 27.0. The third-order valence-corrected chi connectivity index (χ3v) is 6.99. The lowest BCUT2D eigenvalue weighted by Crippen LogP contribution is -2.43. The van der Waals surface area contributed by atoms with Gasteiger partial charge in [-0.25, -0.2) is 9.59 Å². The number of thioether (sulfide) groups is 1. The second-order valence-electron chi connectivity index (χ2n) is 11.3. The van der Waals surface area contributed by atoms with Crippen LogP contribution in [-0.4, -0.2) is 90.6 Å². The molecule has 0 radical (unpaired) electrons. The Morgan fingerprint density at radius 1 is 0.800 bits per heavy atom. The number of amides is 2. The highest BCUT2D eigenvalue weighted by atomic mass is 32.2. The number of hydrogen-bond donors (Lipinski definition) is 0. The number of carbonyl (C=O) groups is 2. The van der Waals surface area contributed by atoms with E-state index in [0.717, 1.165) is 32.2 Å². The quantitative estimate of drug-likeness (QED) is 0.466. The van der Waals surface area contributed by atoms with Gasteiger partial charge in [-0.3, -0.25) is 4.18 Å². The second-order valence-corrected chi connectivity index (χ2v) is 14.8. The molecule has 2 aliphatic rings. The standard InChI is InChI=1S/C13H25NO2S.C11H21NO5S/c1-10(2)17-11-6-8-14(9-7-11)12(15)16-13(3,4)5;1-11(2,3)16-10(13)12-7-5-9(6-8-12)17-18(4,14)15/h10-11H,6-9H2,1-5H3;9H,5-8H2,1-4H3. The van der Waals surface area contributed by atoms with Crippen LogP contribution in [0.3, 0.4) is 0 Å². The molecule has 0 bridgehead atoms. The van der Waals surface area contributed by atoms with Crippen molar-refractivity contribution in [3.63, 3.8) is 0 Å². The summed E-state index contributed by atoms with van der Waals surface area (Å²) >= 11 is 2.02. The zero-order valence-electron chi connectivity index (χ0n) is 23.0. The van der Waals surface area contributed by atoms with E-state index in [-0.39, 0.29) is 23.9 Å². The van der Waals surface area contributed by atoms with Gasteiger partial charge < -0.3 is 19.3 Å². The highest BCUT2D eigenvalue weighted by Crippen LogP contribution is 2.27. The predicted molar refractivity (Wildman–Crippen MR) is 140 cm³/mol. The molecule has 206 valence electrons. The van der Waals surface area contributed by atoms with Gasteiger partial charge in [0.2, 0.25) is 0 Å². The SMILES string of the molecule is CC(C)(C)OC(=O)N1CCC(OS(C)(=O)=O)CC1.CC(C)SC1CCN(C(=O)OC(C)(C)C)CC1. The van der Waals surface area contributed by atoms with Crippen LogP contribution in [0.4, 0.5) is 9.59 Å². The topological polar surface area (TPSA) is 102 Å². The van der Waals surface area contributed by atoms with Gasteiger partial charge in [-0.15, -0.1) is 0 Å². The van der Waals surface area contributed by atoms with Crippen LogP contribution in [0.1, 0.15) is 81.1 Å². The summed E-state index contributed by atoms with van der Waals surface area (Å²) in [5.74, 6) is 0. The number of hydrogen-bond acceptors (Lipinski definition) is 8. The van der Waals surface area contributed by atoms with Crippen LogP contribution in [0.15, 0.2) is 0 Å². The van der Waals surface area contributed by atoms with Gasteiger partial charge in [-0.1, -0.05) is 13.8 Å². The molecular formula is C24H46N2O7S2. The zero-order valence-corrected chi connectivity index (χ0v) is 24.6. The molecule has 2 amide bonds. The van der Waals surface area contributed by atoms with Crippen LogP contribution in [0.5, 0.6) is 0 Å². The van der Waals surface area contributed by atoms with E-state index in [0.29, 0.717) is 36.4 Å². The second kappa shape index (κ2) is 13.4. The molecule has 2 rings (SSSR count). The summed E-state index contributed by atoms with van der Waals surface area (Å²) in [6, 6.07) is 0. The Balaban J connectivity index is 0.000000351. The van der Waals surface area contributed by atoms with Gasteiger partial charge in [0, 0.05) is 31.4 Å². The van der Waals surface area contributed by atoms with Gasteiger partial charge in [0.05, 0.1) is 12.4 Å². The normalized spacial score (nSPS) is 18.7. The number of piperidine rings is 2. The van der Waals surface area contributed by atoms with Gasteiger partial charge in [-0.05, 0) is 72.5 Å². The third kappa shape index (κ3) is 14.8. The maximum absolute atomic E-state index is 11.8. The van der Waals surface area contributed by atoms with E-state index < -0.39 is 15.7 Å². The smallest absolute Gasteiger partial charge is 0.410 e. The fraction of sp³-hybridized carbons (Fsp3) is 0.917. The highest BCUT2D eigenvalue weighted by molar-refractivity contribution is 8.00.